The number of hydrogen-bond donors (Lipinski definition) is 1. The minimum Gasteiger partial charge on any atom is -0.337 e. The van der Waals surface area contributed by atoms with Crippen LogP contribution in [0.5, 0.6) is 0 Å². The van der Waals surface area contributed by atoms with Crippen LogP contribution in [0.2, 0.25) is 0 Å². The number of thiophene rings is 1. The molecular formula is C16H19ClN2OS. The van der Waals surface area contributed by atoms with Crippen LogP contribution < -0.4 is 5.32 Å². The van der Waals surface area contributed by atoms with Crippen molar-refractivity contribution in [2.45, 2.75) is 12.8 Å². The van der Waals surface area contributed by atoms with E-state index < -0.39 is 0 Å². The highest BCUT2D eigenvalue weighted by atomic mass is 35.5. The second-order valence-corrected chi connectivity index (χ2v) is 7.14. The topological polar surface area (TPSA) is 32.3 Å². The normalized spacial score (nSPS) is 24.7. The van der Waals surface area contributed by atoms with E-state index in [0.717, 1.165) is 37.5 Å². The maximum atomic E-state index is 12.7. The van der Waals surface area contributed by atoms with Crippen LogP contribution in [0.3, 0.4) is 0 Å². The lowest BCUT2D eigenvalue weighted by Crippen LogP contribution is -2.32. The molecule has 1 aromatic carbocycles. The molecule has 1 atom stereocenters. The highest BCUT2D eigenvalue weighted by Gasteiger charge is 2.42. The van der Waals surface area contributed by atoms with Crippen LogP contribution in [0.1, 0.15) is 22.5 Å². The second-order valence-electron chi connectivity index (χ2n) is 6.05. The van der Waals surface area contributed by atoms with Gasteiger partial charge in [0, 0.05) is 29.7 Å². The van der Waals surface area contributed by atoms with E-state index in [0.29, 0.717) is 5.41 Å². The molecule has 1 unspecified atom stereocenters. The fourth-order valence-electron chi connectivity index (χ4n) is 3.50. The third-order valence-corrected chi connectivity index (χ3v) is 5.80. The Morgan fingerprint density at radius 2 is 2.14 bits per heavy atom. The number of likely N-dealkylation sites (tertiary alicyclic amines) is 1. The van der Waals surface area contributed by atoms with Crippen LogP contribution in [-0.4, -0.2) is 37.0 Å². The first kappa shape index (κ1) is 14.8. The van der Waals surface area contributed by atoms with Crippen molar-refractivity contribution < 1.29 is 4.79 Å². The highest BCUT2D eigenvalue weighted by molar-refractivity contribution is 7.20. The van der Waals surface area contributed by atoms with E-state index in [1.54, 1.807) is 11.3 Å². The van der Waals surface area contributed by atoms with E-state index in [1.807, 2.05) is 18.2 Å². The number of benzene rings is 1. The molecule has 4 rings (SSSR count). The van der Waals surface area contributed by atoms with Gasteiger partial charge in [-0.05, 0) is 36.9 Å². The van der Waals surface area contributed by atoms with Crippen molar-refractivity contribution in [3.63, 3.8) is 0 Å². The third kappa shape index (κ3) is 2.56. The molecule has 0 bridgehead atoms. The lowest BCUT2D eigenvalue weighted by atomic mass is 9.87. The fourth-order valence-corrected chi connectivity index (χ4v) is 4.53. The smallest absolute Gasteiger partial charge is 0.263 e. The largest absolute Gasteiger partial charge is 0.337 e. The van der Waals surface area contributed by atoms with Crippen molar-refractivity contribution in [2.24, 2.45) is 5.41 Å². The average Bonchev–Trinajstić information content (AvgIpc) is 3.19. The van der Waals surface area contributed by atoms with Crippen molar-refractivity contribution in [1.29, 1.82) is 0 Å². The van der Waals surface area contributed by atoms with Gasteiger partial charge in [-0.1, -0.05) is 18.2 Å². The number of carbonyl (C=O) groups excluding carboxylic acids is 1. The molecular weight excluding hydrogens is 304 g/mol. The summed E-state index contributed by atoms with van der Waals surface area (Å²) in [5.74, 6) is 0.218. The zero-order valence-corrected chi connectivity index (χ0v) is 13.4. The Labute approximate surface area is 134 Å². The molecule has 1 amide bonds. The van der Waals surface area contributed by atoms with Crippen molar-refractivity contribution in [2.75, 3.05) is 26.2 Å². The van der Waals surface area contributed by atoms with Gasteiger partial charge in [-0.3, -0.25) is 4.79 Å². The summed E-state index contributed by atoms with van der Waals surface area (Å²) in [6.07, 6.45) is 2.36. The Morgan fingerprint density at radius 1 is 1.29 bits per heavy atom. The molecule has 2 aromatic rings. The molecule has 1 aromatic heterocycles. The molecule has 112 valence electrons. The average molecular weight is 323 g/mol. The van der Waals surface area contributed by atoms with Gasteiger partial charge in [-0.2, -0.15) is 0 Å². The zero-order chi connectivity index (χ0) is 13.6. The predicted octanol–water partition coefficient (Wildman–Crippen LogP) is 3.15. The predicted molar refractivity (Wildman–Crippen MR) is 89.5 cm³/mol. The van der Waals surface area contributed by atoms with E-state index in [4.69, 9.17) is 0 Å². The van der Waals surface area contributed by atoms with Crippen LogP contribution in [-0.2, 0) is 0 Å². The molecule has 1 spiro atoms. The number of amides is 1. The lowest BCUT2D eigenvalue weighted by Gasteiger charge is -2.22. The van der Waals surface area contributed by atoms with E-state index in [9.17, 15) is 4.79 Å². The van der Waals surface area contributed by atoms with Crippen molar-refractivity contribution in [3.05, 3.63) is 35.2 Å². The first-order chi connectivity index (χ1) is 9.76. The van der Waals surface area contributed by atoms with Crippen molar-refractivity contribution >= 4 is 39.7 Å². The maximum absolute atomic E-state index is 12.7. The first-order valence-electron chi connectivity index (χ1n) is 7.24. The minimum atomic E-state index is 0. The third-order valence-electron chi connectivity index (χ3n) is 4.69. The summed E-state index contributed by atoms with van der Waals surface area (Å²) < 4.78 is 1.20. The van der Waals surface area contributed by atoms with Gasteiger partial charge in [0.25, 0.3) is 5.91 Å². The molecule has 2 aliphatic rings. The van der Waals surface area contributed by atoms with E-state index in [2.05, 4.69) is 22.3 Å². The monoisotopic (exact) mass is 322 g/mol. The van der Waals surface area contributed by atoms with Gasteiger partial charge in [0.05, 0.1) is 4.88 Å². The molecule has 21 heavy (non-hydrogen) atoms. The number of nitrogens with zero attached hydrogens (tertiary/aromatic N) is 1. The van der Waals surface area contributed by atoms with E-state index >= 15 is 0 Å². The van der Waals surface area contributed by atoms with Gasteiger partial charge in [0.1, 0.15) is 0 Å². The molecule has 0 radical (unpaired) electrons. The molecule has 3 nitrogen and oxygen atoms in total. The number of nitrogens with one attached hydrogen (secondary N) is 1. The van der Waals surface area contributed by atoms with Crippen molar-refractivity contribution in [3.8, 4) is 0 Å². The second kappa shape index (κ2) is 5.59. The van der Waals surface area contributed by atoms with Gasteiger partial charge in [0.2, 0.25) is 0 Å². The van der Waals surface area contributed by atoms with Crippen LogP contribution >= 0.6 is 23.7 Å². The summed E-state index contributed by atoms with van der Waals surface area (Å²) in [4.78, 5) is 15.6. The number of hydrogen-bond acceptors (Lipinski definition) is 3. The Kier molecular flexibility index (Phi) is 3.95. The quantitative estimate of drug-likeness (QED) is 0.874. The molecule has 2 aliphatic heterocycles. The van der Waals surface area contributed by atoms with Gasteiger partial charge < -0.3 is 10.2 Å². The zero-order valence-electron chi connectivity index (χ0n) is 11.8. The Balaban J connectivity index is 0.00000132. The molecule has 2 saturated heterocycles. The SMILES string of the molecule is Cl.O=C(c1cc2ccccc2s1)N1CCC2(CCNC2)C1. The number of halogens is 1. The first-order valence-corrected chi connectivity index (χ1v) is 8.06. The van der Waals surface area contributed by atoms with E-state index in [1.165, 1.54) is 16.5 Å². The van der Waals surface area contributed by atoms with E-state index in [-0.39, 0.29) is 18.3 Å². The summed E-state index contributed by atoms with van der Waals surface area (Å²) in [5.41, 5.74) is 0.354. The van der Waals surface area contributed by atoms with Gasteiger partial charge in [-0.25, -0.2) is 0 Å². The molecule has 1 N–H and O–H groups in total. The van der Waals surface area contributed by atoms with Crippen LogP contribution in [0, 0.1) is 5.41 Å². The lowest BCUT2D eigenvalue weighted by molar-refractivity contribution is 0.0780. The van der Waals surface area contributed by atoms with Crippen LogP contribution in [0.4, 0.5) is 0 Å². The van der Waals surface area contributed by atoms with Gasteiger partial charge in [-0.15, -0.1) is 23.7 Å². The Hall–Kier alpha value is -1.10. The standard InChI is InChI=1S/C16H18N2OS.ClH/c19-15(14-9-12-3-1-2-4-13(12)20-14)18-8-6-16(11-18)5-7-17-10-16;/h1-4,9,17H,5-8,10-11H2;1H. The minimum absolute atomic E-state index is 0. The molecule has 3 heterocycles. The Morgan fingerprint density at radius 3 is 2.90 bits per heavy atom. The maximum Gasteiger partial charge on any atom is 0.263 e. The number of rotatable bonds is 1. The molecule has 0 aliphatic carbocycles. The fraction of sp³-hybridized carbons (Fsp3) is 0.438. The number of carbonyl (C=O) groups is 1. The molecule has 5 heteroatoms. The number of fused-ring (bicyclic) bond motifs is 1. The summed E-state index contributed by atoms with van der Waals surface area (Å²) in [6.45, 7) is 4.01. The summed E-state index contributed by atoms with van der Waals surface area (Å²) in [7, 11) is 0. The Bertz CT molecular complexity index is 630. The summed E-state index contributed by atoms with van der Waals surface area (Å²) in [6, 6.07) is 10.3. The molecule has 0 saturated carbocycles. The summed E-state index contributed by atoms with van der Waals surface area (Å²) >= 11 is 1.62. The van der Waals surface area contributed by atoms with Gasteiger partial charge >= 0.3 is 0 Å². The highest BCUT2D eigenvalue weighted by Crippen LogP contribution is 2.37. The summed E-state index contributed by atoms with van der Waals surface area (Å²) in [5, 5.41) is 4.62. The van der Waals surface area contributed by atoms with Crippen LogP contribution in [0.25, 0.3) is 10.1 Å². The molecule has 2 fully saturated rings. The van der Waals surface area contributed by atoms with Crippen molar-refractivity contribution in [1.82, 2.24) is 10.2 Å². The van der Waals surface area contributed by atoms with Crippen LogP contribution in [0.15, 0.2) is 30.3 Å². The van der Waals surface area contributed by atoms with Gasteiger partial charge in [0.15, 0.2) is 0 Å².